The highest BCUT2D eigenvalue weighted by molar-refractivity contribution is 5.88. The molecule has 0 aliphatic rings. The van der Waals surface area contributed by atoms with E-state index in [1.807, 2.05) is 0 Å². The van der Waals surface area contributed by atoms with E-state index in [9.17, 15) is 14.4 Å². The second-order valence-corrected chi connectivity index (χ2v) is 8.79. The predicted octanol–water partition coefficient (Wildman–Crippen LogP) is 5.35. The first kappa shape index (κ1) is 27.2. The van der Waals surface area contributed by atoms with E-state index in [4.69, 9.17) is 4.74 Å². The molecule has 1 aromatic heterocycles. The number of aromatic nitrogens is 1. The van der Waals surface area contributed by atoms with Crippen LogP contribution in [0.3, 0.4) is 0 Å². The van der Waals surface area contributed by atoms with E-state index < -0.39 is 23.8 Å². The summed E-state index contributed by atoms with van der Waals surface area (Å²) in [6, 6.07) is 8.00. The second-order valence-electron chi connectivity index (χ2n) is 8.79. The second kappa shape index (κ2) is 12.5. The Morgan fingerprint density at radius 3 is 2.49 bits per heavy atom. The number of carbonyl (C=O) groups excluding carboxylic acids is 2. The van der Waals surface area contributed by atoms with Crippen molar-refractivity contribution in [2.24, 2.45) is 0 Å². The lowest BCUT2D eigenvalue weighted by atomic mass is 10.0. The standard InChI is InChI=1S/C26H34N4O5/c1-7-9-13-27-21-16-18(28-24(32)34-6)11-12-19(21)17-14-22(29-23(31)15-17)20(10-8-2)30-25(33)35-26(3,4)5/h7-8,11-12,14-16,20,27H,1-2,9-10,13H2,3-6H3,(H,28,32)(H,29,31)(H,30,33). The molecule has 0 radical (unpaired) electrons. The maximum Gasteiger partial charge on any atom is 0.411 e. The molecule has 9 nitrogen and oxygen atoms in total. The van der Waals surface area contributed by atoms with E-state index in [-0.39, 0.29) is 5.56 Å². The van der Waals surface area contributed by atoms with Crippen LogP contribution in [0.4, 0.5) is 21.0 Å². The zero-order valence-electron chi connectivity index (χ0n) is 20.7. The van der Waals surface area contributed by atoms with E-state index in [0.29, 0.717) is 35.6 Å². The summed E-state index contributed by atoms with van der Waals surface area (Å²) < 4.78 is 10.0. The third kappa shape index (κ3) is 8.69. The monoisotopic (exact) mass is 482 g/mol. The van der Waals surface area contributed by atoms with E-state index in [1.54, 1.807) is 57.2 Å². The quantitative estimate of drug-likeness (QED) is 0.268. The number of anilines is 2. The number of H-pyrrole nitrogens is 1. The molecule has 35 heavy (non-hydrogen) atoms. The minimum Gasteiger partial charge on any atom is -0.453 e. The van der Waals surface area contributed by atoms with Gasteiger partial charge in [0.2, 0.25) is 5.56 Å². The Hall–Kier alpha value is -4.01. The maximum atomic E-state index is 12.6. The van der Waals surface area contributed by atoms with Crippen LogP contribution < -0.4 is 21.5 Å². The third-order valence-corrected chi connectivity index (χ3v) is 4.76. The van der Waals surface area contributed by atoms with Gasteiger partial charge < -0.3 is 25.1 Å². The van der Waals surface area contributed by atoms with Crippen LogP contribution in [-0.4, -0.2) is 36.4 Å². The van der Waals surface area contributed by atoms with E-state index >= 15 is 0 Å². The molecule has 2 rings (SSSR count). The van der Waals surface area contributed by atoms with Crippen molar-refractivity contribution >= 4 is 23.6 Å². The Bertz CT molecular complexity index is 1120. The molecule has 0 spiro atoms. The van der Waals surface area contributed by atoms with E-state index in [1.165, 1.54) is 13.2 Å². The fraction of sp³-hybridized carbons (Fsp3) is 0.346. The minimum absolute atomic E-state index is 0.327. The van der Waals surface area contributed by atoms with Crippen molar-refractivity contribution in [2.45, 2.75) is 45.3 Å². The van der Waals surface area contributed by atoms with Crippen LogP contribution in [-0.2, 0) is 9.47 Å². The van der Waals surface area contributed by atoms with Gasteiger partial charge in [0.25, 0.3) is 0 Å². The summed E-state index contributed by atoms with van der Waals surface area (Å²) in [5.41, 5.74) is 2.13. The number of methoxy groups -OCH3 is 1. The number of ether oxygens (including phenoxy) is 2. The summed E-state index contributed by atoms with van der Waals surface area (Å²) in [4.78, 5) is 39.4. The van der Waals surface area contributed by atoms with Crippen molar-refractivity contribution in [1.29, 1.82) is 0 Å². The summed E-state index contributed by atoms with van der Waals surface area (Å²) in [7, 11) is 1.29. The lowest BCUT2D eigenvalue weighted by molar-refractivity contribution is 0.0503. The number of amides is 2. The molecular weight excluding hydrogens is 448 g/mol. The molecule has 1 atom stereocenters. The molecular formula is C26H34N4O5. The van der Waals surface area contributed by atoms with Crippen LogP contribution in [0.2, 0.25) is 0 Å². The lowest BCUT2D eigenvalue weighted by Gasteiger charge is -2.23. The van der Waals surface area contributed by atoms with Crippen molar-refractivity contribution in [2.75, 3.05) is 24.3 Å². The first-order chi connectivity index (χ1) is 16.6. The average molecular weight is 483 g/mol. The normalized spacial score (nSPS) is 11.7. The summed E-state index contributed by atoms with van der Waals surface area (Å²) in [6.07, 6.45) is 3.36. The number of benzene rings is 1. The van der Waals surface area contributed by atoms with Gasteiger partial charge in [0.1, 0.15) is 5.60 Å². The Morgan fingerprint density at radius 2 is 1.86 bits per heavy atom. The Balaban J connectivity index is 2.47. The highest BCUT2D eigenvalue weighted by Crippen LogP contribution is 2.32. The summed E-state index contributed by atoms with van der Waals surface area (Å²) >= 11 is 0. The predicted molar refractivity (Wildman–Crippen MR) is 139 cm³/mol. The number of pyridine rings is 1. The summed E-state index contributed by atoms with van der Waals surface area (Å²) in [6.45, 7) is 13.4. The molecule has 0 aliphatic heterocycles. The number of alkyl carbamates (subject to hydrolysis) is 1. The van der Waals surface area contributed by atoms with Gasteiger partial charge in [-0.2, -0.15) is 0 Å². The number of rotatable bonds is 10. The molecule has 2 aromatic rings. The average Bonchev–Trinajstić information content (AvgIpc) is 2.77. The smallest absolute Gasteiger partial charge is 0.411 e. The molecule has 1 aromatic carbocycles. The van der Waals surface area contributed by atoms with E-state index in [2.05, 4.69) is 38.8 Å². The Kier molecular flexibility index (Phi) is 9.69. The molecule has 188 valence electrons. The van der Waals surface area contributed by atoms with Gasteiger partial charge in [-0.05, 0) is 57.4 Å². The first-order valence-corrected chi connectivity index (χ1v) is 11.2. The molecule has 0 aliphatic carbocycles. The molecule has 4 N–H and O–H groups in total. The van der Waals surface area contributed by atoms with Crippen LogP contribution >= 0.6 is 0 Å². The molecule has 0 saturated heterocycles. The zero-order chi connectivity index (χ0) is 26.0. The number of nitrogens with one attached hydrogen (secondary N) is 4. The van der Waals surface area contributed by atoms with Crippen molar-refractivity contribution in [3.05, 3.63) is 71.7 Å². The first-order valence-electron chi connectivity index (χ1n) is 11.2. The van der Waals surface area contributed by atoms with Gasteiger partial charge in [0, 0.05) is 35.2 Å². The van der Waals surface area contributed by atoms with Crippen molar-refractivity contribution in [3.8, 4) is 11.1 Å². The van der Waals surface area contributed by atoms with Crippen LogP contribution in [0.15, 0.2) is 60.4 Å². The Labute approximate surface area is 205 Å². The van der Waals surface area contributed by atoms with Gasteiger partial charge in [-0.25, -0.2) is 9.59 Å². The number of carbonyl (C=O) groups is 2. The SMILES string of the molecule is C=CCCNc1cc(NC(=O)OC)ccc1-c1cc(C(CC=C)NC(=O)OC(C)(C)C)[nH]c(=O)c1. The van der Waals surface area contributed by atoms with Crippen LogP contribution in [0.1, 0.15) is 45.3 Å². The van der Waals surface area contributed by atoms with Gasteiger partial charge in [0.05, 0.1) is 13.2 Å². The van der Waals surface area contributed by atoms with Crippen molar-refractivity contribution in [3.63, 3.8) is 0 Å². The number of hydrogen-bond acceptors (Lipinski definition) is 6. The molecule has 0 fully saturated rings. The fourth-order valence-electron chi connectivity index (χ4n) is 3.29. The maximum absolute atomic E-state index is 12.6. The van der Waals surface area contributed by atoms with Gasteiger partial charge in [-0.15, -0.1) is 13.2 Å². The molecule has 1 heterocycles. The molecule has 2 amide bonds. The van der Waals surface area contributed by atoms with E-state index in [0.717, 1.165) is 12.0 Å². The molecule has 0 bridgehead atoms. The topological polar surface area (TPSA) is 122 Å². The molecule has 1 unspecified atom stereocenters. The van der Waals surface area contributed by atoms with Gasteiger partial charge in [0.15, 0.2) is 0 Å². The van der Waals surface area contributed by atoms with Crippen molar-refractivity contribution in [1.82, 2.24) is 10.3 Å². The fourth-order valence-corrected chi connectivity index (χ4v) is 3.29. The summed E-state index contributed by atoms with van der Waals surface area (Å²) in [5.74, 6) is 0. The molecule has 0 saturated carbocycles. The largest absolute Gasteiger partial charge is 0.453 e. The lowest BCUT2D eigenvalue weighted by Crippen LogP contribution is -2.35. The van der Waals surface area contributed by atoms with Gasteiger partial charge in [-0.3, -0.25) is 10.1 Å². The molecule has 9 heteroatoms. The van der Waals surface area contributed by atoms with Crippen LogP contribution in [0.25, 0.3) is 11.1 Å². The highest BCUT2D eigenvalue weighted by atomic mass is 16.6. The summed E-state index contributed by atoms with van der Waals surface area (Å²) in [5, 5.41) is 8.75. The third-order valence-electron chi connectivity index (χ3n) is 4.76. The van der Waals surface area contributed by atoms with Crippen molar-refractivity contribution < 1.29 is 19.1 Å². The number of hydrogen-bond donors (Lipinski definition) is 4. The zero-order valence-corrected chi connectivity index (χ0v) is 20.7. The van der Waals surface area contributed by atoms with Gasteiger partial charge >= 0.3 is 12.2 Å². The Morgan fingerprint density at radius 1 is 1.11 bits per heavy atom. The van der Waals surface area contributed by atoms with Crippen LogP contribution in [0.5, 0.6) is 0 Å². The highest BCUT2D eigenvalue weighted by Gasteiger charge is 2.21. The van der Waals surface area contributed by atoms with Crippen LogP contribution in [0, 0.1) is 0 Å². The van der Waals surface area contributed by atoms with Gasteiger partial charge in [-0.1, -0.05) is 18.2 Å². The number of aromatic amines is 1. The minimum atomic E-state index is -0.663.